The number of halogens is 1. The minimum atomic E-state index is -1.09. The molecule has 1 heterocycles. The second-order valence-electron chi connectivity index (χ2n) is 8.83. The third-order valence-corrected chi connectivity index (χ3v) is 6.24. The molecule has 2 rings (SSSR count). The van der Waals surface area contributed by atoms with E-state index in [1.54, 1.807) is 11.9 Å². The number of hydrogen-bond acceptors (Lipinski definition) is 5. The molecule has 0 saturated carbocycles. The van der Waals surface area contributed by atoms with E-state index in [9.17, 15) is 9.59 Å². The van der Waals surface area contributed by atoms with E-state index in [0.717, 1.165) is 43.6 Å². The summed E-state index contributed by atoms with van der Waals surface area (Å²) in [6.07, 6.45) is 2.21. The van der Waals surface area contributed by atoms with Gasteiger partial charge in [0.05, 0.1) is 12.7 Å². The van der Waals surface area contributed by atoms with Gasteiger partial charge >= 0.3 is 12.1 Å². The molecule has 1 aromatic rings. The monoisotopic (exact) mass is 498 g/mol. The normalized spacial score (nSPS) is 17.6. The number of ether oxygens (including phenoxy) is 2. The number of aryl methyl sites for hydroxylation is 1. The molecular formula is C24H39ClN4O5. The topological polar surface area (TPSA) is 112 Å². The number of carbonyl (C=O) groups is 2. The molecular weight excluding hydrogens is 460 g/mol. The Morgan fingerprint density at radius 2 is 2.18 bits per heavy atom. The fourth-order valence-electron chi connectivity index (χ4n) is 4.18. The Morgan fingerprint density at radius 1 is 1.38 bits per heavy atom. The molecule has 3 atom stereocenters. The van der Waals surface area contributed by atoms with E-state index in [0.29, 0.717) is 30.5 Å². The first-order chi connectivity index (χ1) is 16.3. The van der Waals surface area contributed by atoms with E-state index in [4.69, 9.17) is 26.2 Å². The molecule has 0 aliphatic carbocycles. The van der Waals surface area contributed by atoms with Gasteiger partial charge in [-0.15, -0.1) is 0 Å². The number of likely N-dealkylation sites (N-methyl/N-ethyl adjacent to an activating group) is 1. The van der Waals surface area contributed by atoms with Gasteiger partial charge in [-0.05, 0) is 68.8 Å². The van der Waals surface area contributed by atoms with Crippen LogP contribution in [-0.2, 0) is 9.47 Å². The van der Waals surface area contributed by atoms with Crippen molar-refractivity contribution in [2.24, 2.45) is 5.92 Å². The van der Waals surface area contributed by atoms with Crippen LogP contribution in [0.4, 0.5) is 9.59 Å². The van der Waals surface area contributed by atoms with Crippen LogP contribution in [0.5, 0.6) is 0 Å². The van der Waals surface area contributed by atoms with Gasteiger partial charge in [0.25, 0.3) is 0 Å². The molecule has 10 heteroatoms. The van der Waals surface area contributed by atoms with E-state index in [1.165, 1.54) is 0 Å². The lowest BCUT2D eigenvalue weighted by Crippen LogP contribution is -2.48. The summed E-state index contributed by atoms with van der Waals surface area (Å²) in [7, 11) is 3.65. The Balaban J connectivity index is 1.94. The van der Waals surface area contributed by atoms with Crippen LogP contribution in [-0.4, -0.2) is 81.7 Å². The highest BCUT2D eigenvalue weighted by Gasteiger charge is 2.23. The average Bonchev–Trinajstić information content (AvgIpc) is 2.80. The van der Waals surface area contributed by atoms with Crippen molar-refractivity contribution < 1.29 is 24.2 Å². The van der Waals surface area contributed by atoms with E-state index < -0.39 is 6.09 Å². The van der Waals surface area contributed by atoms with E-state index in [-0.39, 0.29) is 31.3 Å². The first-order valence-corrected chi connectivity index (χ1v) is 12.3. The van der Waals surface area contributed by atoms with Gasteiger partial charge in [0.1, 0.15) is 0 Å². The van der Waals surface area contributed by atoms with Gasteiger partial charge in [-0.2, -0.15) is 0 Å². The Kier molecular flexibility index (Phi) is 12.5. The molecule has 4 N–H and O–H groups in total. The van der Waals surface area contributed by atoms with Gasteiger partial charge in [-0.25, -0.2) is 9.59 Å². The van der Waals surface area contributed by atoms with E-state index in [2.05, 4.69) is 16.0 Å². The van der Waals surface area contributed by atoms with Gasteiger partial charge in [0.2, 0.25) is 0 Å². The number of nitrogens with one attached hydrogen (secondary N) is 3. The molecule has 192 valence electrons. The number of carbonyl (C=O) groups excluding carboxylic acids is 1. The molecule has 34 heavy (non-hydrogen) atoms. The summed E-state index contributed by atoms with van der Waals surface area (Å²) in [5.41, 5.74) is 1.96. The largest absolute Gasteiger partial charge is 0.465 e. The number of carboxylic acid groups (broad SMARTS) is 1. The molecule has 3 amide bonds. The number of rotatable bonds is 13. The highest BCUT2D eigenvalue weighted by atomic mass is 35.5. The van der Waals surface area contributed by atoms with Crippen LogP contribution < -0.4 is 16.0 Å². The van der Waals surface area contributed by atoms with Crippen molar-refractivity contribution in [3.63, 3.8) is 0 Å². The SMILES string of the molecule is CNC[C@H](C[C@H]1CCCOC1)NC(=O)N(C)CC[C@H](OCCNC(=O)O)c1cc(Cl)ccc1C. The molecule has 1 saturated heterocycles. The smallest absolute Gasteiger partial charge is 0.404 e. The third-order valence-electron chi connectivity index (χ3n) is 6.01. The maximum atomic E-state index is 12.9. The molecule has 0 radical (unpaired) electrons. The maximum Gasteiger partial charge on any atom is 0.404 e. The van der Waals surface area contributed by atoms with Crippen molar-refractivity contribution in [2.45, 2.75) is 44.8 Å². The highest BCUT2D eigenvalue weighted by Crippen LogP contribution is 2.27. The first-order valence-electron chi connectivity index (χ1n) is 11.9. The quantitative estimate of drug-likeness (QED) is 0.310. The van der Waals surface area contributed by atoms with Crippen molar-refractivity contribution in [3.8, 4) is 0 Å². The average molecular weight is 499 g/mol. The third kappa shape index (κ3) is 10.0. The van der Waals surface area contributed by atoms with Crippen molar-refractivity contribution in [1.82, 2.24) is 20.9 Å². The van der Waals surface area contributed by atoms with Gasteiger partial charge in [0.15, 0.2) is 0 Å². The summed E-state index contributed by atoms with van der Waals surface area (Å²) >= 11 is 6.21. The summed E-state index contributed by atoms with van der Waals surface area (Å²) < 4.78 is 11.6. The van der Waals surface area contributed by atoms with Gasteiger partial charge < -0.3 is 35.4 Å². The lowest BCUT2D eigenvalue weighted by Gasteiger charge is -2.29. The predicted octanol–water partition coefficient (Wildman–Crippen LogP) is 3.41. The second kappa shape index (κ2) is 15.0. The zero-order chi connectivity index (χ0) is 24.9. The standard InChI is InChI=1S/C24H39ClN4O5/c1-17-6-7-19(25)14-21(17)22(34-12-9-27-24(31)32)8-10-29(3)23(30)28-20(15-26-2)13-18-5-4-11-33-16-18/h6-7,14,18,20,22,26-27H,4-5,8-13,15-16H2,1-3H3,(H,28,30)(H,31,32)/t18-,20+,22+/m1/s1. The highest BCUT2D eigenvalue weighted by molar-refractivity contribution is 6.30. The molecule has 9 nitrogen and oxygen atoms in total. The zero-order valence-corrected chi connectivity index (χ0v) is 21.2. The predicted molar refractivity (Wildman–Crippen MR) is 133 cm³/mol. The molecule has 1 aliphatic rings. The van der Waals surface area contributed by atoms with E-state index in [1.807, 2.05) is 32.2 Å². The van der Waals surface area contributed by atoms with Gasteiger partial charge in [0, 0.05) is 51.0 Å². The minimum Gasteiger partial charge on any atom is -0.465 e. The molecule has 0 spiro atoms. The van der Waals surface area contributed by atoms with Crippen LogP contribution in [0.2, 0.25) is 5.02 Å². The van der Waals surface area contributed by atoms with Gasteiger partial charge in [-0.3, -0.25) is 0 Å². The summed E-state index contributed by atoms with van der Waals surface area (Å²) in [6.45, 7) is 5.11. The van der Waals surface area contributed by atoms with Crippen LogP contribution in [0.3, 0.4) is 0 Å². The van der Waals surface area contributed by atoms with Crippen LogP contribution in [0, 0.1) is 12.8 Å². The molecule has 1 aromatic carbocycles. The van der Waals surface area contributed by atoms with Gasteiger partial charge in [-0.1, -0.05) is 17.7 Å². The second-order valence-corrected chi connectivity index (χ2v) is 9.26. The first kappa shape index (κ1) is 28.2. The number of urea groups is 1. The Labute approximate surface area is 207 Å². The fourth-order valence-corrected chi connectivity index (χ4v) is 4.36. The zero-order valence-electron chi connectivity index (χ0n) is 20.4. The lowest BCUT2D eigenvalue weighted by molar-refractivity contribution is 0.0431. The number of hydrogen-bond donors (Lipinski definition) is 4. The van der Waals surface area contributed by atoms with Crippen LogP contribution in [0.25, 0.3) is 0 Å². The Hall–Kier alpha value is -2.07. The lowest BCUT2D eigenvalue weighted by atomic mass is 9.94. The number of amides is 3. The molecule has 0 unspecified atom stereocenters. The molecule has 0 bridgehead atoms. The molecule has 1 fully saturated rings. The summed E-state index contributed by atoms with van der Waals surface area (Å²) in [5.74, 6) is 0.459. The summed E-state index contributed by atoms with van der Waals surface area (Å²) in [4.78, 5) is 25.3. The minimum absolute atomic E-state index is 0.0240. The maximum absolute atomic E-state index is 12.9. The van der Waals surface area contributed by atoms with Crippen molar-refractivity contribution in [3.05, 3.63) is 34.3 Å². The fraction of sp³-hybridized carbons (Fsp3) is 0.667. The summed E-state index contributed by atoms with van der Waals surface area (Å²) in [5, 5.41) is 18.0. The summed E-state index contributed by atoms with van der Waals surface area (Å²) in [6, 6.07) is 5.50. The number of benzene rings is 1. The van der Waals surface area contributed by atoms with E-state index >= 15 is 0 Å². The Bertz CT molecular complexity index is 776. The van der Waals surface area contributed by atoms with Crippen molar-refractivity contribution in [2.75, 3.05) is 53.6 Å². The van der Waals surface area contributed by atoms with Crippen LogP contribution >= 0.6 is 11.6 Å². The Morgan fingerprint density at radius 3 is 2.85 bits per heavy atom. The van der Waals surface area contributed by atoms with Crippen molar-refractivity contribution >= 4 is 23.7 Å². The number of nitrogens with zero attached hydrogens (tertiary/aromatic N) is 1. The van der Waals surface area contributed by atoms with Crippen LogP contribution in [0.15, 0.2) is 18.2 Å². The molecule has 1 aliphatic heterocycles. The molecule has 0 aromatic heterocycles. The van der Waals surface area contributed by atoms with Crippen molar-refractivity contribution in [1.29, 1.82) is 0 Å². The van der Waals surface area contributed by atoms with Crippen LogP contribution in [0.1, 0.15) is 42.9 Å².